The van der Waals surface area contributed by atoms with E-state index < -0.39 is 9.84 Å². The Morgan fingerprint density at radius 1 is 1.13 bits per heavy atom. The minimum Gasteiger partial charge on any atom is -0.361 e. The van der Waals surface area contributed by atoms with Crippen LogP contribution >= 0.6 is 0 Å². The molecule has 1 amide bonds. The maximum atomic E-state index is 12.2. The molecule has 0 aliphatic rings. The van der Waals surface area contributed by atoms with Crippen molar-refractivity contribution in [2.24, 2.45) is 0 Å². The summed E-state index contributed by atoms with van der Waals surface area (Å²) in [7, 11) is -3.33. The van der Waals surface area contributed by atoms with Gasteiger partial charge in [-0.2, -0.15) is 0 Å². The van der Waals surface area contributed by atoms with Gasteiger partial charge < -0.3 is 10.3 Å². The molecule has 0 bridgehead atoms. The van der Waals surface area contributed by atoms with E-state index in [0.717, 1.165) is 22.7 Å². The zero-order chi connectivity index (χ0) is 16.4. The summed E-state index contributed by atoms with van der Waals surface area (Å²) in [4.78, 5) is 15.5. The Balaban J connectivity index is 1.77. The summed E-state index contributed by atoms with van der Waals surface area (Å²) in [5.41, 5.74) is 2.32. The van der Waals surface area contributed by atoms with Crippen LogP contribution in [-0.4, -0.2) is 25.6 Å². The number of fused-ring (bicyclic) bond motifs is 1. The van der Waals surface area contributed by atoms with Gasteiger partial charge in [0.1, 0.15) is 0 Å². The molecule has 3 rings (SSSR count). The lowest BCUT2D eigenvalue weighted by molar-refractivity contribution is 0.0951. The zero-order valence-corrected chi connectivity index (χ0v) is 13.4. The molecule has 2 N–H and O–H groups in total. The number of carbonyl (C=O) groups excluding carboxylic acids is 1. The van der Waals surface area contributed by atoms with Crippen molar-refractivity contribution in [2.75, 3.05) is 6.26 Å². The molecule has 1 aromatic heterocycles. The number of aromatic amines is 1. The average Bonchev–Trinajstić information content (AvgIpc) is 2.95. The highest BCUT2D eigenvalue weighted by molar-refractivity contribution is 7.90. The largest absolute Gasteiger partial charge is 0.361 e. The number of H-pyrrole nitrogens is 1. The van der Waals surface area contributed by atoms with Gasteiger partial charge in [0.05, 0.1) is 4.90 Å². The van der Waals surface area contributed by atoms with E-state index in [1.165, 1.54) is 12.1 Å². The summed E-state index contributed by atoms with van der Waals surface area (Å²) in [6.45, 7) is 0.367. The van der Waals surface area contributed by atoms with Gasteiger partial charge >= 0.3 is 0 Å². The molecule has 3 aromatic rings. The number of benzene rings is 2. The van der Waals surface area contributed by atoms with Gasteiger partial charge in [0.25, 0.3) is 5.91 Å². The minimum atomic E-state index is -3.33. The van der Waals surface area contributed by atoms with E-state index in [1.54, 1.807) is 12.1 Å². The Kier molecular flexibility index (Phi) is 3.92. The van der Waals surface area contributed by atoms with Crippen LogP contribution in [0.5, 0.6) is 0 Å². The number of sulfone groups is 1. The minimum absolute atomic E-state index is 0.136. The van der Waals surface area contributed by atoms with E-state index in [-0.39, 0.29) is 10.8 Å². The second-order valence-corrected chi connectivity index (χ2v) is 7.36. The van der Waals surface area contributed by atoms with Crippen LogP contribution in [0.2, 0.25) is 0 Å². The van der Waals surface area contributed by atoms with Crippen molar-refractivity contribution in [3.05, 3.63) is 65.9 Å². The molecule has 0 unspecified atom stereocenters. The van der Waals surface area contributed by atoms with Gasteiger partial charge in [0, 0.05) is 35.5 Å². The van der Waals surface area contributed by atoms with Crippen molar-refractivity contribution in [1.29, 1.82) is 0 Å². The molecule has 118 valence electrons. The summed E-state index contributed by atoms with van der Waals surface area (Å²) in [6, 6.07) is 13.9. The van der Waals surface area contributed by atoms with Gasteiger partial charge in [-0.3, -0.25) is 4.79 Å². The highest BCUT2D eigenvalue weighted by Gasteiger charge is 2.12. The topological polar surface area (TPSA) is 79.0 Å². The maximum Gasteiger partial charge on any atom is 0.251 e. The monoisotopic (exact) mass is 328 g/mol. The molecule has 0 fully saturated rings. The van der Waals surface area contributed by atoms with E-state index >= 15 is 0 Å². The van der Waals surface area contributed by atoms with Gasteiger partial charge in [0.15, 0.2) is 9.84 Å². The van der Waals surface area contributed by atoms with Crippen LogP contribution in [-0.2, 0) is 16.4 Å². The SMILES string of the molecule is CS(=O)(=O)c1cccc(C(=O)NCc2c[nH]c3ccccc23)c1. The van der Waals surface area contributed by atoms with Crippen molar-refractivity contribution >= 4 is 26.6 Å². The molecule has 23 heavy (non-hydrogen) atoms. The van der Waals surface area contributed by atoms with Crippen LogP contribution in [0, 0.1) is 0 Å². The summed E-state index contributed by atoms with van der Waals surface area (Å²) >= 11 is 0. The van der Waals surface area contributed by atoms with Crippen molar-refractivity contribution in [3.63, 3.8) is 0 Å². The predicted molar refractivity (Wildman–Crippen MR) is 89.0 cm³/mol. The molecule has 0 aliphatic carbocycles. The molecule has 1 heterocycles. The lowest BCUT2D eigenvalue weighted by Crippen LogP contribution is -2.22. The first-order valence-corrected chi connectivity index (χ1v) is 8.97. The smallest absolute Gasteiger partial charge is 0.251 e. The lowest BCUT2D eigenvalue weighted by atomic mass is 10.1. The summed E-state index contributed by atoms with van der Waals surface area (Å²) in [5, 5.41) is 3.87. The fourth-order valence-corrected chi connectivity index (χ4v) is 3.09. The molecule has 0 radical (unpaired) electrons. The molecule has 0 saturated heterocycles. The van der Waals surface area contributed by atoms with E-state index in [2.05, 4.69) is 10.3 Å². The first-order chi connectivity index (χ1) is 10.9. The second-order valence-electron chi connectivity index (χ2n) is 5.34. The third kappa shape index (κ3) is 3.27. The van der Waals surface area contributed by atoms with Gasteiger partial charge in [-0.1, -0.05) is 24.3 Å². The number of para-hydroxylation sites is 1. The molecular formula is C17H16N2O3S. The van der Waals surface area contributed by atoms with Crippen molar-refractivity contribution < 1.29 is 13.2 Å². The number of hydrogen-bond acceptors (Lipinski definition) is 3. The standard InChI is InChI=1S/C17H16N2O3S/c1-23(21,22)14-6-4-5-12(9-14)17(20)19-11-13-10-18-16-8-3-2-7-15(13)16/h2-10,18H,11H2,1H3,(H,19,20). The number of aromatic nitrogens is 1. The highest BCUT2D eigenvalue weighted by Crippen LogP contribution is 2.17. The van der Waals surface area contributed by atoms with Crippen LogP contribution in [0.15, 0.2) is 59.6 Å². The van der Waals surface area contributed by atoms with Crippen LogP contribution in [0.25, 0.3) is 10.9 Å². The van der Waals surface area contributed by atoms with E-state index in [9.17, 15) is 13.2 Å². The Labute approximate surface area is 134 Å². The number of rotatable bonds is 4. The number of amides is 1. The summed E-state index contributed by atoms with van der Waals surface area (Å²) in [6.07, 6.45) is 2.98. The van der Waals surface area contributed by atoms with Gasteiger partial charge in [0.2, 0.25) is 0 Å². The van der Waals surface area contributed by atoms with Gasteiger partial charge in [-0.05, 0) is 29.8 Å². The van der Waals surface area contributed by atoms with E-state index in [1.807, 2.05) is 30.5 Å². The second kappa shape index (κ2) is 5.89. The molecule has 0 atom stereocenters. The molecule has 0 aliphatic heterocycles. The molecule has 5 nitrogen and oxygen atoms in total. The van der Waals surface area contributed by atoms with Gasteiger partial charge in [-0.15, -0.1) is 0 Å². The van der Waals surface area contributed by atoms with Crippen LogP contribution in [0.4, 0.5) is 0 Å². The number of carbonyl (C=O) groups is 1. The van der Waals surface area contributed by atoms with Crippen molar-refractivity contribution in [3.8, 4) is 0 Å². The third-order valence-electron chi connectivity index (χ3n) is 3.64. The molecule has 2 aromatic carbocycles. The fraction of sp³-hybridized carbons (Fsp3) is 0.118. The first kappa shape index (κ1) is 15.3. The lowest BCUT2D eigenvalue weighted by Gasteiger charge is -2.06. The highest BCUT2D eigenvalue weighted by atomic mass is 32.2. The van der Waals surface area contributed by atoms with Crippen LogP contribution < -0.4 is 5.32 Å². The Hall–Kier alpha value is -2.60. The average molecular weight is 328 g/mol. The van der Waals surface area contributed by atoms with Crippen molar-refractivity contribution in [2.45, 2.75) is 11.4 Å². The molecular weight excluding hydrogens is 312 g/mol. The Bertz CT molecular complexity index is 974. The molecule has 0 saturated carbocycles. The first-order valence-electron chi connectivity index (χ1n) is 7.08. The zero-order valence-electron chi connectivity index (χ0n) is 12.5. The quantitative estimate of drug-likeness (QED) is 0.772. The summed E-state index contributed by atoms with van der Waals surface area (Å²) in [5.74, 6) is -0.305. The van der Waals surface area contributed by atoms with Crippen molar-refractivity contribution in [1.82, 2.24) is 10.3 Å². The normalized spacial score (nSPS) is 11.5. The predicted octanol–water partition coefficient (Wildman–Crippen LogP) is 2.50. The van der Waals surface area contributed by atoms with E-state index in [0.29, 0.717) is 12.1 Å². The molecule has 0 spiro atoms. The van der Waals surface area contributed by atoms with Gasteiger partial charge in [-0.25, -0.2) is 8.42 Å². The number of nitrogens with one attached hydrogen (secondary N) is 2. The summed E-state index contributed by atoms with van der Waals surface area (Å²) < 4.78 is 23.1. The van der Waals surface area contributed by atoms with Crippen LogP contribution in [0.1, 0.15) is 15.9 Å². The Morgan fingerprint density at radius 3 is 2.70 bits per heavy atom. The maximum absolute atomic E-state index is 12.2. The third-order valence-corrected chi connectivity index (χ3v) is 4.75. The Morgan fingerprint density at radius 2 is 1.91 bits per heavy atom. The van der Waals surface area contributed by atoms with Crippen LogP contribution in [0.3, 0.4) is 0 Å². The van der Waals surface area contributed by atoms with E-state index in [4.69, 9.17) is 0 Å². The fourth-order valence-electron chi connectivity index (χ4n) is 2.42. The number of hydrogen-bond donors (Lipinski definition) is 2. The molecule has 6 heteroatoms.